The topological polar surface area (TPSA) is 283 Å². The predicted octanol–water partition coefficient (Wildman–Crippen LogP) is 23.9. The fourth-order valence-corrected chi connectivity index (χ4v) is 21.3. The van der Waals surface area contributed by atoms with Crippen LogP contribution in [0, 0.1) is 41.3 Å². The van der Waals surface area contributed by atoms with Crippen molar-refractivity contribution in [3.05, 3.63) is 285 Å². The summed E-state index contributed by atoms with van der Waals surface area (Å²) in [5, 5.41) is 9.75. The summed E-state index contributed by atoms with van der Waals surface area (Å²) in [6.07, 6.45) is -2.18. The molecule has 0 radical (unpaired) electrons. The van der Waals surface area contributed by atoms with E-state index in [1.165, 1.54) is 83.0 Å². The monoisotopic (exact) mass is 1950 g/mol. The number of nitrogens with two attached hydrogens (primary N) is 1. The third-order valence-electron chi connectivity index (χ3n) is 18.7. The van der Waals surface area contributed by atoms with Crippen molar-refractivity contribution in [3.63, 3.8) is 0 Å². The maximum Gasteiger partial charge on any atom is 0.297 e. The molecule has 0 fully saturated rings. The van der Waals surface area contributed by atoms with Crippen molar-refractivity contribution in [1.29, 1.82) is 11.1 Å². The lowest BCUT2D eigenvalue weighted by molar-refractivity contribution is 0.0571. The second-order valence-corrected chi connectivity index (χ2v) is 36.4. The first kappa shape index (κ1) is 101. The lowest BCUT2D eigenvalue weighted by Gasteiger charge is -2.30. The van der Waals surface area contributed by atoms with Crippen LogP contribution in [0.15, 0.2) is 219 Å². The number of nitrogens with zero attached hydrogens (tertiary/aromatic N) is 2. The van der Waals surface area contributed by atoms with Gasteiger partial charge in [-0.15, -0.1) is 23.5 Å². The van der Waals surface area contributed by atoms with Crippen molar-refractivity contribution in [2.75, 3.05) is 56.4 Å². The number of carbonyl (C=O) groups is 4. The summed E-state index contributed by atoms with van der Waals surface area (Å²) in [4.78, 5) is 54.9. The van der Waals surface area contributed by atoms with Gasteiger partial charge in [0.1, 0.15) is 77.3 Å². The highest BCUT2D eigenvalue weighted by Gasteiger charge is 2.42. The van der Waals surface area contributed by atoms with Crippen molar-refractivity contribution >= 4 is 172 Å². The number of hydrogen-bond donors (Lipinski definition) is 4. The second kappa shape index (κ2) is 44.2. The second-order valence-electron chi connectivity index (χ2n) is 26.4. The van der Waals surface area contributed by atoms with Crippen LogP contribution in [0.2, 0.25) is 40.2 Å². The zero-order valence-electron chi connectivity index (χ0n) is 62.2. The number of ether oxygens (including phenoxy) is 4. The van der Waals surface area contributed by atoms with Gasteiger partial charge in [-0.2, -0.15) is 8.42 Å². The fourth-order valence-electron chi connectivity index (χ4n) is 13.3. The number of carbonyl (C=O) groups excluding carboxylic acids is 4. The number of thioether (sulfide) groups is 2. The molecule has 0 aromatic heterocycles. The Labute approximate surface area is 769 Å². The Morgan fingerprint density at radius 2 is 0.726 bits per heavy atom. The van der Waals surface area contributed by atoms with Gasteiger partial charge in [-0.05, 0) is 140 Å². The molecule has 656 valence electrons. The molecule has 11 aromatic carbocycles. The minimum Gasteiger partial charge on any atom is -0.486 e. The highest BCUT2D eigenvalue weighted by Crippen LogP contribution is 2.52. The number of hydrogen-bond acceptors (Lipinski definition) is 19. The van der Waals surface area contributed by atoms with E-state index in [1.54, 1.807) is 133 Å². The van der Waals surface area contributed by atoms with Gasteiger partial charge in [-0.3, -0.25) is 41.6 Å². The van der Waals surface area contributed by atoms with E-state index in [9.17, 15) is 53.6 Å². The summed E-state index contributed by atoms with van der Waals surface area (Å²) in [6, 6.07) is 49.9. The largest absolute Gasteiger partial charge is 0.486 e. The smallest absolute Gasteiger partial charge is 0.297 e. The molecule has 0 spiro atoms. The Morgan fingerprint density at radius 1 is 0.435 bits per heavy atom. The average Bonchev–Trinajstić information content (AvgIpc) is 1.68. The summed E-state index contributed by atoms with van der Waals surface area (Å²) in [6.45, 7) is 1.90. The lowest BCUT2D eigenvalue weighted by atomic mass is 10.0. The third kappa shape index (κ3) is 22.0. The molecule has 6 atom stereocenters. The Morgan fingerprint density at radius 3 is 1.07 bits per heavy atom. The molecule has 124 heavy (non-hydrogen) atoms. The van der Waals surface area contributed by atoms with Gasteiger partial charge in [0.2, 0.25) is 0 Å². The Kier molecular flexibility index (Phi) is 35.9. The molecule has 6 aliphatic rings. The van der Waals surface area contributed by atoms with Crippen molar-refractivity contribution < 1.29 is 83.2 Å². The number of imide groups is 2. The highest BCUT2D eigenvalue weighted by atomic mass is 35.5. The number of aliphatic hydroxyl groups excluding tert-OH is 1. The van der Waals surface area contributed by atoms with Gasteiger partial charge in [0.15, 0.2) is 0 Å². The molecule has 5 N–H and O–H groups in total. The third-order valence-corrected chi connectivity index (χ3v) is 27.7. The van der Waals surface area contributed by atoms with Crippen LogP contribution in [-0.2, 0) is 35.9 Å². The van der Waals surface area contributed by atoms with E-state index in [2.05, 4.69) is 0 Å². The molecule has 6 heterocycles. The first-order valence-corrected chi connectivity index (χ1v) is 44.7. The summed E-state index contributed by atoms with van der Waals surface area (Å²) < 4.78 is 137. The molecule has 11 aromatic rings. The molecule has 6 aliphatic heterocycles. The van der Waals surface area contributed by atoms with Crippen LogP contribution in [0.1, 0.15) is 78.1 Å². The molecule has 0 aliphatic carbocycles. The fraction of sp³-hybridized carbons (Fsp3) is 0.205. The van der Waals surface area contributed by atoms with Crippen molar-refractivity contribution in [1.82, 2.24) is 9.80 Å². The molecule has 0 saturated carbocycles. The first-order valence-electron chi connectivity index (χ1n) is 35.6. The van der Waals surface area contributed by atoms with Gasteiger partial charge in [0.25, 0.3) is 33.7 Å². The van der Waals surface area contributed by atoms with E-state index < -0.39 is 85.1 Å². The quantitative estimate of drug-likeness (QED) is 0.0361. The van der Waals surface area contributed by atoms with E-state index in [0.717, 1.165) is 23.6 Å². The maximum atomic E-state index is 14.4. The van der Waals surface area contributed by atoms with Gasteiger partial charge < -0.3 is 29.8 Å². The van der Waals surface area contributed by atoms with Gasteiger partial charge in [-0.25, -0.2) is 28.6 Å². The Balaban J connectivity index is 0.000000224. The van der Waals surface area contributed by atoms with Gasteiger partial charge in [0.05, 0.1) is 133 Å². The van der Waals surface area contributed by atoms with Crippen LogP contribution >= 0.6 is 116 Å². The number of nitrogens with one attached hydrogen (secondary N) is 2. The van der Waals surface area contributed by atoms with E-state index in [-0.39, 0.29) is 118 Å². The maximum absolute atomic E-state index is 14.4. The molecule has 19 nitrogen and oxygen atoms in total. The van der Waals surface area contributed by atoms with E-state index in [0.29, 0.717) is 135 Å². The van der Waals surface area contributed by atoms with E-state index >= 15 is 0 Å². The zero-order valence-corrected chi connectivity index (χ0v) is 72.4. The van der Waals surface area contributed by atoms with E-state index in [1.807, 2.05) is 6.92 Å². The summed E-state index contributed by atoms with van der Waals surface area (Å²) in [5.41, 5.74) is 21.2. The number of benzene rings is 11. The standard InChI is InChI=1S/C23H14Cl2FNO4S.C23H14Cl2FNO3S.C22H17Cl2FO4S2.C15H12Cl2FNO2S.CH4O.4CH4.H2N2.H2/c24-17-6-3-7-18(25)20(17)16-8-12(26)9-19-21(16)31-13(11-32(19)30)10-27-22(28)14-4-1-2-5-15(14)23(27)29;24-17-6-3-7-18(25)20(17)16-8-12(26)9-19-21(16)30-13(11-31-19)10-27-22(28)14-4-1-2-5-15(14)23(27)29;1-13-5-7-16(8-6-13)31(26,27)28-11-15-12-30-20-10-14(25)9-17(22(20)29-15)21-18(23)3-2-4-19(21)24;16-11-2-1-3-12(17)14(11)10-4-8(18)5-13-15(10)21-9(6-19)7-22(13)20;1-2;;;;;1-2;/h1-9,13H,10-11H2;1-9,13H,10-11H2;2-10,15H,11-12H2,1H3;1-5,9H,6-7,19H2;2H,1H3;4*1H4;1-2H;1H. The normalized spacial score (nSPS) is 17.1. The van der Waals surface area contributed by atoms with Crippen LogP contribution in [-0.4, -0.2) is 136 Å². The summed E-state index contributed by atoms with van der Waals surface area (Å²) >= 11 is 53.2. The van der Waals surface area contributed by atoms with Gasteiger partial charge in [0, 0.05) is 71.1 Å². The van der Waals surface area contributed by atoms with Crippen LogP contribution < -0.4 is 24.7 Å². The summed E-state index contributed by atoms with van der Waals surface area (Å²) in [5.74, 6) is -1.11. The van der Waals surface area contributed by atoms with Gasteiger partial charge in [-0.1, -0.05) is 189 Å². The van der Waals surface area contributed by atoms with Crippen LogP contribution in [0.25, 0.3) is 44.5 Å². The minimum atomic E-state index is -3.93. The molecule has 17 rings (SSSR count). The first-order chi connectivity index (χ1) is 57.5. The minimum absolute atomic E-state index is 0. The molecule has 0 saturated heterocycles. The number of rotatable bonds is 13. The van der Waals surface area contributed by atoms with Crippen LogP contribution in [0.4, 0.5) is 17.6 Å². The van der Waals surface area contributed by atoms with Crippen molar-refractivity contribution in [2.24, 2.45) is 5.73 Å². The van der Waals surface area contributed by atoms with Crippen LogP contribution in [0.3, 0.4) is 0 Å². The highest BCUT2D eigenvalue weighted by molar-refractivity contribution is 7.99. The number of aliphatic hydroxyl groups is 1. The number of halogens is 12. The number of fused-ring (bicyclic) bond motifs is 6. The SMILES string of the molecule is C.C.C.C.CO.Cc1ccc(S(=O)(=O)OCC2CSc3cc(F)cc(-c4c(Cl)cccc4Cl)c3O2)cc1.N=N.NCC1CS(=O)c2cc(F)cc(-c3c(Cl)cccc3Cl)c2O1.O=C1c2ccccc2C(=O)N1CC1CS(=O)c2cc(F)cc(-c3c(Cl)cccc3Cl)c2O1.O=C1c2ccccc2C(=O)N1CC1CSc2cc(F)cc(-c3c(Cl)cccc3Cl)c2O1.[HH]. The molecular formula is C88H81Cl8F4N5O14S5. The average molecular weight is 1950 g/mol. The zero-order chi connectivity index (χ0) is 86.3. The summed E-state index contributed by atoms with van der Waals surface area (Å²) in [7, 11) is -5.94. The predicted molar refractivity (Wildman–Crippen MR) is 489 cm³/mol. The molecule has 6 unspecified atom stereocenters. The molecule has 0 bridgehead atoms. The van der Waals surface area contributed by atoms with Crippen molar-refractivity contribution in [2.45, 2.75) is 85.5 Å². The Hall–Kier alpha value is -8.63. The number of amides is 4. The van der Waals surface area contributed by atoms with Crippen LogP contribution in [0.5, 0.6) is 23.0 Å². The van der Waals surface area contributed by atoms with E-state index in [4.69, 9.17) is 138 Å². The molecular weight excluding hydrogens is 1870 g/mol. The van der Waals surface area contributed by atoms with Crippen molar-refractivity contribution in [3.8, 4) is 67.5 Å². The number of aryl methyl sites for hydroxylation is 1. The Bertz CT molecular complexity index is 5900. The molecule has 36 heteroatoms. The van der Waals surface area contributed by atoms with Gasteiger partial charge >= 0.3 is 0 Å². The molecule has 4 amide bonds. The lowest BCUT2D eigenvalue weighted by Crippen LogP contribution is -2.43.